The molecule has 0 aliphatic carbocycles. The number of benzene rings is 1. The Hall–Kier alpha value is -1.51. The van der Waals surface area contributed by atoms with E-state index in [0.29, 0.717) is 12.0 Å². The summed E-state index contributed by atoms with van der Waals surface area (Å²) in [4.78, 5) is 11.4. The molecule has 0 aromatic heterocycles. The number of anilines is 1. The van der Waals surface area contributed by atoms with Gasteiger partial charge in [0.05, 0.1) is 5.92 Å². The van der Waals surface area contributed by atoms with Crippen LogP contribution < -0.4 is 5.32 Å². The van der Waals surface area contributed by atoms with Crippen LogP contribution in [-0.4, -0.2) is 12.5 Å². The lowest BCUT2D eigenvalue weighted by molar-refractivity contribution is -0.148. The minimum atomic E-state index is -0.152. The van der Waals surface area contributed by atoms with Gasteiger partial charge in [-0.1, -0.05) is 53.2 Å². The predicted molar refractivity (Wildman–Crippen MR) is 92.9 cm³/mol. The summed E-state index contributed by atoms with van der Waals surface area (Å²) in [7, 11) is 0. The van der Waals surface area contributed by atoms with Gasteiger partial charge in [0.25, 0.3) is 0 Å². The maximum atomic E-state index is 11.4. The second kappa shape index (κ2) is 8.82. The molecule has 0 atom stereocenters. The quantitative estimate of drug-likeness (QED) is 0.541. The number of carbonyl (C=O) groups excluding carboxylic acids is 1. The molecule has 0 spiro atoms. The highest BCUT2D eigenvalue weighted by atomic mass is 16.5. The van der Waals surface area contributed by atoms with Crippen molar-refractivity contribution < 1.29 is 9.53 Å². The molecular formula is C19H31NO2. The van der Waals surface area contributed by atoms with E-state index in [9.17, 15) is 4.79 Å². The molecule has 3 heteroatoms. The van der Waals surface area contributed by atoms with Gasteiger partial charge in [0, 0.05) is 12.2 Å². The Kier molecular flexibility index (Phi) is 7.43. The van der Waals surface area contributed by atoms with Gasteiger partial charge >= 0.3 is 5.97 Å². The average Bonchev–Trinajstić information content (AvgIpc) is 2.44. The first-order valence-corrected chi connectivity index (χ1v) is 8.27. The van der Waals surface area contributed by atoms with Gasteiger partial charge in [0.2, 0.25) is 0 Å². The first-order valence-electron chi connectivity index (χ1n) is 8.27. The van der Waals surface area contributed by atoms with Crippen molar-refractivity contribution in [3.63, 3.8) is 0 Å². The van der Waals surface area contributed by atoms with E-state index < -0.39 is 0 Å². The van der Waals surface area contributed by atoms with Gasteiger partial charge in [-0.15, -0.1) is 0 Å². The predicted octanol–water partition coefficient (Wildman–Crippen LogP) is 5.01. The smallest absolute Gasteiger partial charge is 0.308 e. The maximum Gasteiger partial charge on any atom is 0.308 e. The number of hydrogen-bond acceptors (Lipinski definition) is 3. The summed E-state index contributed by atoms with van der Waals surface area (Å²) in [5.41, 5.74) is 2.57. The van der Waals surface area contributed by atoms with Crippen LogP contribution in [0.1, 0.15) is 59.4 Å². The summed E-state index contributed by atoms with van der Waals surface area (Å²) < 4.78 is 5.21. The highest BCUT2D eigenvalue weighted by Crippen LogP contribution is 2.21. The lowest BCUT2D eigenvalue weighted by atomic mass is 9.90. The SMILES string of the molecule is CC(C)C(=O)OCc1ccc(NCCCCC(C)(C)C)cc1. The molecule has 1 rings (SSSR count). The van der Waals surface area contributed by atoms with E-state index in [4.69, 9.17) is 4.74 Å². The van der Waals surface area contributed by atoms with Gasteiger partial charge in [0.1, 0.15) is 6.61 Å². The molecule has 0 heterocycles. The van der Waals surface area contributed by atoms with Crippen LogP contribution in [0.15, 0.2) is 24.3 Å². The van der Waals surface area contributed by atoms with Crippen molar-refractivity contribution in [1.82, 2.24) is 0 Å². The van der Waals surface area contributed by atoms with Gasteiger partial charge in [-0.3, -0.25) is 4.79 Å². The largest absolute Gasteiger partial charge is 0.461 e. The van der Waals surface area contributed by atoms with Crippen LogP contribution in [-0.2, 0) is 16.1 Å². The zero-order valence-electron chi connectivity index (χ0n) is 14.7. The molecule has 1 N–H and O–H groups in total. The van der Waals surface area contributed by atoms with Crippen LogP contribution >= 0.6 is 0 Å². The van der Waals surface area contributed by atoms with E-state index >= 15 is 0 Å². The molecule has 124 valence electrons. The maximum absolute atomic E-state index is 11.4. The summed E-state index contributed by atoms with van der Waals surface area (Å²) >= 11 is 0. The van der Waals surface area contributed by atoms with Crippen molar-refractivity contribution in [3.05, 3.63) is 29.8 Å². The third-order valence-corrected chi connectivity index (χ3v) is 3.49. The van der Waals surface area contributed by atoms with E-state index in [0.717, 1.165) is 17.8 Å². The molecule has 0 unspecified atom stereocenters. The molecule has 0 aliphatic rings. The topological polar surface area (TPSA) is 38.3 Å². The number of rotatable bonds is 8. The Labute approximate surface area is 135 Å². The first kappa shape index (κ1) is 18.5. The van der Waals surface area contributed by atoms with Crippen LogP contribution in [0.3, 0.4) is 0 Å². The van der Waals surface area contributed by atoms with Crippen LogP contribution in [0.4, 0.5) is 5.69 Å². The van der Waals surface area contributed by atoms with Gasteiger partial charge in [-0.25, -0.2) is 0 Å². The van der Waals surface area contributed by atoms with E-state index in [-0.39, 0.29) is 11.9 Å². The number of carbonyl (C=O) groups is 1. The molecule has 0 saturated heterocycles. The second-order valence-electron chi connectivity index (χ2n) is 7.40. The minimum Gasteiger partial charge on any atom is -0.461 e. The van der Waals surface area contributed by atoms with Crippen molar-refractivity contribution in [2.75, 3.05) is 11.9 Å². The van der Waals surface area contributed by atoms with Crippen LogP contribution in [0, 0.1) is 11.3 Å². The van der Waals surface area contributed by atoms with Gasteiger partial charge in [-0.05, 0) is 36.0 Å². The van der Waals surface area contributed by atoms with Crippen molar-refractivity contribution >= 4 is 11.7 Å². The van der Waals surface area contributed by atoms with E-state index in [1.807, 2.05) is 38.1 Å². The molecule has 0 saturated carbocycles. The third-order valence-electron chi connectivity index (χ3n) is 3.49. The van der Waals surface area contributed by atoms with Gasteiger partial charge in [0.15, 0.2) is 0 Å². The van der Waals surface area contributed by atoms with Crippen molar-refractivity contribution in [1.29, 1.82) is 0 Å². The van der Waals surface area contributed by atoms with Gasteiger partial charge < -0.3 is 10.1 Å². The lowest BCUT2D eigenvalue weighted by Crippen LogP contribution is -2.11. The first-order chi connectivity index (χ1) is 10.3. The standard InChI is InChI=1S/C19H31NO2/c1-15(2)18(21)22-14-16-8-10-17(11-9-16)20-13-7-6-12-19(3,4)5/h8-11,15,20H,6-7,12-14H2,1-5H3. The van der Waals surface area contributed by atoms with Crippen molar-refractivity contribution in [3.8, 4) is 0 Å². The zero-order valence-corrected chi connectivity index (χ0v) is 14.7. The Morgan fingerprint density at radius 3 is 2.32 bits per heavy atom. The highest BCUT2D eigenvalue weighted by molar-refractivity contribution is 5.71. The van der Waals surface area contributed by atoms with Crippen LogP contribution in [0.5, 0.6) is 0 Å². The number of ether oxygens (including phenoxy) is 1. The number of hydrogen-bond donors (Lipinski definition) is 1. The fourth-order valence-electron chi connectivity index (χ4n) is 2.05. The molecule has 0 amide bonds. The third kappa shape index (κ3) is 8.06. The number of nitrogens with one attached hydrogen (secondary N) is 1. The summed E-state index contributed by atoms with van der Waals surface area (Å²) in [5, 5.41) is 3.43. The van der Waals surface area contributed by atoms with Crippen LogP contribution in [0.25, 0.3) is 0 Å². The average molecular weight is 305 g/mol. The molecule has 1 aromatic rings. The Morgan fingerprint density at radius 1 is 1.14 bits per heavy atom. The second-order valence-corrected chi connectivity index (χ2v) is 7.40. The fraction of sp³-hybridized carbons (Fsp3) is 0.632. The van der Waals surface area contributed by atoms with E-state index in [1.54, 1.807) is 0 Å². The van der Waals surface area contributed by atoms with Crippen LogP contribution in [0.2, 0.25) is 0 Å². The molecule has 0 fully saturated rings. The molecule has 0 bridgehead atoms. The van der Waals surface area contributed by atoms with Crippen molar-refractivity contribution in [2.45, 2.75) is 60.5 Å². The van der Waals surface area contributed by atoms with Gasteiger partial charge in [-0.2, -0.15) is 0 Å². The molecule has 22 heavy (non-hydrogen) atoms. The Balaban J connectivity index is 2.26. The van der Waals surface area contributed by atoms with E-state index in [2.05, 4.69) is 26.1 Å². The molecule has 0 aliphatic heterocycles. The summed E-state index contributed by atoms with van der Waals surface area (Å²) in [6, 6.07) is 8.10. The lowest BCUT2D eigenvalue weighted by Gasteiger charge is -2.17. The van der Waals surface area contributed by atoms with E-state index in [1.165, 1.54) is 19.3 Å². The molecule has 3 nitrogen and oxygen atoms in total. The number of esters is 1. The Bertz CT molecular complexity index is 443. The summed E-state index contributed by atoms with van der Waals surface area (Å²) in [6.07, 6.45) is 3.69. The highest BCUT2D eigenvalue weighted by Gasteiger charge is 2.09. The minimum absolute atomic E-state index is 0.0750. The summed E-state index contributed by atoms with van der Waals surface area (Å²) in [6.45, 7) is 11.9. The summed E-state index contributed by atoms with van der Waals surface area (Å²) in [5.74, 6) is -0.227. The Morgan fingerprint density at radius 2 is 1.77 bits per heavy atom. The normalized spacial score (nSPS) is 11.5. The number of unbranched alkanes of at least 4 members (excludes halogenated alkanes) is 1. The zero-order chi connectivity index (χ0) is 16.6. The molecule has 1 aromatic carbocycles. The molecular weight excluding hydrogens is 274 g/mol. The molecule has 0 radical (unpaired) electrons. The van der Waals surface area contributed by atoms with Crippen molar-refractivity contribution in [2.24, 2.45) is 11.3 Å². The monoisotopic (exact) mass is 305 g/mol. The fourth-order valence-corrected chi connectivity index (χ4v) is 2.05.